The maximum Gasteiger partial charge on any atom is 0.252 e. The zero-order chi connectivity index (χ0) is 17.2. The van der Waals surface area contributed by atoms with Gasteiger partial charge in [0.05, 0.1) is 22.5 Å². The summed E-state index contributed by atoms with van der Waals surface area (Å²) in [4.78, 5) is 27.0. The number of thioether (sulfide) groups is 1. The summed E-state index contributed by atoms with van der Waals surface area (Å²) in [5, 5.41) is 1.22. The van der Waals surface area contributed by atoms with Crippen LogP contribution in [0.4, 0.5) is 0 Å². The summed E-state index contributed by atoms with van der Waals surface area (Å²) in [6.07, 6.45) is 0. The van der Waals surface area contributed by atoms with Crippen LogP contribution in [0.3, 0.4) is 0 Å². The van der Waals surface area contributed by atoms with Crippen molar-refractivity contribution in [3.05, 3.63) is 75.8 Å². The Kier molecular flexibility index (Phi) is 4.29. The summed E-state index contributed by atoms with van der Waals surface area (Å²) in [6, 6.07) is 16.7. The van der Waals surface area contributed by atoms with Crippen molar-refractivity contribution in [2.75, 3.05) is 0 Å². The molecule has 2 N–H and O–H groups in total. The van der Waals surface area contributed by atoms with Crippen LogP contribution >= 0.6 is 23.4 Å². The van der Waals surface area contributed by atoms with E-state index in [-0.39, 0.29) is 5.56 Å². The van der Waals surface area contributed by atoms with Crippen molar-refractivity contribution in [2.45, 2.75) is 10.9 Å². The minimum Gasteiger partial charge on any atom is -0.341 e. The van der Waals surface area contributed by atoms with Crippen molar-refractivity contribution in [3.63, 3.8) is 0 Å². The second-order valence-corrected chi connectivity index (χ2v) is 6.84. The average molecular weight is 369 g/mol. The Labute approximate surface area is 152 Å². The van der Waals surface area contributed by atoms with E-state index >= 15 is 0 Å². The quantitative estimate of drug-likeness (QED) is 0.417. The summed E-state index contributed by atoms with van der Waals surface area (Å²) < 4.78 is 0. The molecule has 0 bridgehead atoms. The number of imidazole rings is 1. The Bertz CT molecular complexity index is 1090. The summed E-state index contributed by atoms with van der Waals surface area (Å²) in [5.41, 5.74) is 3.15. The largest absolute Gasteiger partial charge is 0.341 e. The van der Waals surface area contributed by atoms with Gasteiger partial charge in [-0.3, -0.25) is 4.79 Å². The molecule has 0 fully saturated rings. The van der Waals surface area contributed by atoms with Gasteiger partial charge in [-0.15, -0.1) is 0 Å². The van der Waals surface area contributed by atoms with Crippen molar-refractivity contribution in [2.24, 2.45) is 0 Å². The first-order chi connectivity index (χ1) is 12.2. The van der Waals surface area contributed by atoms with E-state index in [4.69, 9.17) is 11.6 Å². The molecule has 124 valence electrons. The summed E-state index contributed by atoms with van der Waals surface area (Å²) in [6.45, 7) is 0. The van der Waals surface area contributed by atoms with E-state index in [9.17, 15) is 4.79 Å². The van der Waals surface area contributed by atoms with Crippen LogP contribution in [-0.4, -0.2) is 19.9 Å². The van der Waals surface area contributed by atoms with Crippen LogP contribution in [0.5, 0.6) is 0 Å². The van der Waals surface area contributed by atoms with Crippen LogP contribution in [0.25, 0.3) is 22.3 Å². The monoisotopic (exact) mass is 368 g/mol. The van der Waals surface area contributed by atoms with E-state index < -0.39 is 0 Å². The third kappa shape index (κ3) is 3.60. The van der Waals surface area contributed by atoms with Gasteiger partial charge in [0.2, 0.25) is 0 Å². The van der Waals surface area contributed by atoms with Gasteiger partial charge in [-0.1, -0.05) is 53.7 Å². The number of H-pyrrole nitrogens is 2. The second-order valence-electron chi connectivity index (χ2n) is 5.44. The molecule has 5 nitrogen and oxygen atoms in total. The summed E-state index contributed by atoms with van der Waals surface area (Å²) in [5.74, 6) is 1.36. The van der Waals surface area contributed by atoms with Gasteiger partial charge >= 0.3 is 0 Å². The molecule has 2 aromatic heterocycles. The zero-order valence-electron chi connectivity index (χ0n) is 13.0. The van der Waals surface area contributed by atoms with Gasteiger partial charge in [0, 0.05) is 16.7 Å². The molecule has 4 aromatic rings. The SMILES string of the molecule is O=c1cc(-c2ccccc2)nc(SCc2nc3ccc(Cl)cc3[nH]2)[nH]1. The number of benzene rings is 2. The van der Waals surface area contributed by atoms with Crippen LogP contribution < -0.4 is 5.56 Å². The maximum atomic E-state index is 11.9. The fourth-order valence-corrected chi connectivity index (χ4v) is 3.42. The third-order valence-corrected chi connectivity index (χ3v) is 4.75. The number of aromatic amines is 2. The number of aromatic nitrogens is 4. The Morgan fingerprint density at radius 2 is 1.84 bits per heavy atom. The van der Waals surface area contributed by atoms with Gasteiger partial charge in [-0.25, -0.2) is 9.97 Å². The highest BCUT2D eigenvalue weighted by Crippen LogP contribution is 2.23. The number of halogens is 1. The fourth-order valence-electron chi connectivity index (χ4n) is 2.50. The molecule has 0 aliphatic rings. The number of nitrogens with one attached hydrogen (secondary N) is 2. The molecule has 0 amide bonds. The molecule has 4 rings (SSSR count). The molecule has 0 saturated carbocycles. The molecule has 0 spiro atoms. The van der Waals surface area contributed by atoms with Crippen LogP contribution in [0.15, 0.2) is 64.5 Å². The minimum absolute atomic E-state index is 0.173. The molecule has 25 heavy (non-hydrogen) atoms. The van der Waals surface area contributed by atoms with E-state index in [2.05, 4.69) is 19.9 Å². The van der Waals surface area contributed by atoms with Gasteiger partial charge in [-0.2, -0.15) is 0 Å². The van der Waals surface area contributed by atoms with Crippen LogP contribution in [0, 0.1) is 0 Å². The number of hydrogen-bond acceptors (Lipinski definition) is 4. The van der Waals surface area contributed by atoms with Crippen molar-refractivity contribution in [1.29, 1.82) is 0 Å². The molecule has 0 radical (unpaired) electrons. The Morgan fingerprint density at radius 1 is 1.00 bits per heavy atom. The molecule has 2 aromatic carbocycles. The van der Waals surface area contributed by atoms with E-state index in [0.717, 1.165) is 22.4 Å². The Hall–Kier alpha value is -2.57. The normalized spacial score (nSPS) is 11.1. The topological polar surface area (TPSA) is 74.4 Å². The summed E-state index contributed by atoms with van der Waals surface area (Å²) >= 11 is 7.41. The van der Waals surface area contributed by atoms with Crippen LogP contribution in [0.1, 0.15) is 5.82 Å². The molecule has 2 heterocycles. The van der Waals surface area contributed by atoms with Crippen molar-refractivity contribution >= 4 is 34.4 Å². The minimum atomic E-state index is -0.173. The highest BCUT2D eigenvalue weighted by atomic mass is 35.5. The molecular weight excluding hydrogens is 356 g/mol. The third-order valence-electron chi connectivity index (χ3n) is 3.63. The number of nitrogens with zero attached hydrogens (tertiary/aromatic N) is 2. The van der Waals surface area contributed by atoms with E-state index in [1.54, 1.807) is 0 Å². The highest BCUT2D eigenvalue weighted by Gasteiger charge is 2.08. The Balaban J connectivity index is 1.58. The smallest absolute Gasteiger partial charge is 0.252 e. The molecule has 7 heteroatoms. The zero-order valence-corrected chi connectivity index (χ0v) is 14.6. The predicted octanol–water partition coefficient (Wildman–Crippen LogP) is 4.26. The van der Waals surface area contributed by atoms with E-state index in [1.165, 1.54) is 17.8 Å². The fraction of sp³-hybridized carbons (Fsp3) is 0.0556. The van der Waals surface area contributed by atoms with Gasteiger partial charge in [-0.05, 0) is 18.2 Å². The van der Waals surface area contributed by atoms with Crippen molar-refractivity contribution in [3.8, 4) is 11.3 Å². The average Bonchev–Trinajstić information content (AvgIpc) is 3.02. The van der Waals surface area contributed by atoms with Crippen molar-refractivity contribution in [1.82, 2.24) is 19.9 Å². The lowest BCUT2D eigenvalue weighted by Crippen LogP contribution is -2.08. The Morgan fingerprint density at radius 3 is 2.68 bits per heavy atom. The lowest BCUT2D eigenvalue weighted by Gasteiger charge is -2.03. The van der Waals surface area contributed by atoms with Gasteiger partial charge < -0.3 is 9.97 Å². The van der Waals surface area contributed by atoms with Gasteiger partial charge in [0.25, 0.3) is 5.56 Å². The standard InChI is InChI=1S/C18H13ClN4OS/c19-12-6-7-13-15(8-12)21-16(20-13)10-25-18-22-14(9-17(24)23-18)11-4-2-1-3-5-11/h1-9H,10H2,(H,20,21)(H,22,23,24). The lowest BCUT2D eigenvalue weighted by atomic mass is 10.1. The first kappa shape index (κ1) is 15.9. The lowest BCUT2D eigenvalue weighted by molar-refractivity contribution is 0.939. The summed E-state index contributed by atoms with van der Waals surface area (Å²) in [7, 11) is 0. The molecule has 0 saturated heterocycles. The molecule has 0 aliphatic heterocycles. The maximum absolute atomic E-state index is 11.9. The van der Waals surface area contributed by atoms with Gasteiger partial charge in [0.1, 0.15) is 5.82 Å². The number of fused-ring (bicyclic) bond motifs is 1. The molecular formula is C18H13ClN4OS. The second kappa shape index (κ2) is 6.74. The molecule has 0 unspecified atom stereocenters. The van der Waals surface area contributed by atoms with Crippen LogP contribution in [0.2, 0.25) is 5.02 Å². The van der Waals surface area contributed by atoms with E-state index in [0.29, 0.717) is 21.6 Å². The highest BCUT2D eigenvalue weighted by molar-refractivity contribution is 7.98. The predicted molar refractivity (Wildman–Crippen MR) is 101 cm³/mol. The number of rotatable bonds is 4. The van der Waals surface area contributed by atoms with Crippen molar-refractivity contribution < 1.29 is 0 Å². The first-order valence-corrected chi connectivity index (χ1v) is 8.97. The molecule has 0 aliphatic carbocycles. The van der Waals surface area contributed by atoms with Crippen LogP contribution in [-0.2, 0) is 5.75 Å². The number of hydrogen-bond donors (Lipinski definition) is 2. The molecule has 0 atom stereocenters. The van der Waals surface area contributed by atoms with E-state index in [1.807, 2.05) is 48.5 Å². The first-order valence-electron chi connectivity index (χ1n) is 7.61. The van der Waals surface area contributed by atoms with Gasteiger partial charge in [0.15, 0.2) is 5.16 Å².